The quantitative estimate of drug-likeness (QED) is 0.619. The molecule has 0 aliphatic carbocycles. The highest BCUT2D eigenvalue weighted by Gasteiger charge is 2.52. The summed E-state index contributed by atoms with van der Waals surface area (Å²) in [6.45, 7) is 6.49. The Labute approximate surface area is 79.0 Å². The molecule has 2 aliphatic heterocycles. The van der Waals surface area contributed by atoms with Crippen molar-refractivity contribution in [2.75, 3.05) is 6.61 Å². The van der Waals surface area contributed by atoms with Crippen LogP contribution in [0.25, 0.3) is 0 Å². The third-order valence-electron chi connectivity index (χ3n) is 3.64. The lowest BCUT2D eigenvalue weighted by Gasteiger charge is -2.54. The first-order chi connectivity index (χ1) is 5.96. The Morgan fingerprint density at radius 2 is 2.08 bits per heavy atom. The van der Waals surface area contributed by atoms with Gasteiger partial charge in [-0.1, -0.05) is 6.92 Å². The van der Waals surface area contributed by atoms with Crippen LogP contribution in [0, 0.1) is 5.92 Å². The normalized spacial score (nSPS) is 56.3. The van der Waals surface area contributed by atoms with E-state index < -0.39 is 11.9 Å². The van der Waals surface area contributed by atoms with Gasteiger partial charge in [-0.3, -0.25) is 0 Å². The molecule has 0 amide bonds. The van der Waals surface area contributed by atoms with Crippen LogP contribution in [0.2, 0.25) is 0 Å². The Bertz CT molecular complexity index is 196. The molecule has 1 N–H and O–H groups in total. The van der Waals surface area contributed by atoms with Crippen molar-refractivity contribution >= 4 is 0 Å². The maximum atomic E-state index is 9.73. The van der Waals surface area contributed by atoms with E-state index in [-0.39, 0.29) is 5.60 Å². The molecule has 2 saturated heterocycles. The molecule has 3 heteroatoms. The molecule has 3 nitrogen and oxygen atoms in total. The maximum Gasteiger partial charge on any atom is 0.169 e. The van der Waals surface area contributed by atoms with E-state index in [1.165, 1.54) is 0 Å². The molecule has 76 valence electrons. The smallest absolute Gasteiger partial charge is 0.169 e. The van der Waals surface area contributed by atoms with E-state index in [4.69, 9.17) is 9.47 Å². The van der Waals surface area contributed by atoms with E-state index in [0.717, 1.165) is 12.8 Å². The minimum Gasteiger partial charge on any atom is -0.388 e. The Morgan fingerprint density at radius 1 is 1.38 bits per heavy atom. The van der Waals surface area contributed by atoms with Gasteiger partial charge in [-0.2, -0.15) is 0 Å². The fourth-order valence-electron chi connectivity index (χ4n) is 2.21. The van der Waals surface area contributed by atoms with E-state index in [0.29, 0.717) is 12.5 Å². The van der Waals surface area contributed by atoms with Crippen LogP contribution < -0.4 is 0 Å². The summed E-state index contributed by atoms with van der Waals surface area (Å²) >= 11 is 0. The van der Waals surface area contributed by atoms with Crippen molar-refractivity contribution in [2.45, 2.75) is 51.1 Å². The van der Waals surface area contributed by atoms with Gasteiger partial charge in [0.1, 0.15) is 6.10 Å². The summed E-state index contributed by atoms with van der Waals surface area (Å²) in [5.41, 5.74) is -0.389. The van der Waals surface area contributed by atoms with Crippen molar-refractivity contribution < 1.29 is 14.6 Å². The number of aliphatic hydroxyl groups is 1. The highest BCUT2D eigenvalue weighted by molar-refractivity contribution is 4.96. The van der Waals surface area contributed by atoms with Gasteiger partial charge >= 0.3 is 0 Å². The largest absolute Gasteiger partial charge is 0.388 e. The SMILES string of the molecule is CC1CCC2(C)OC1(C)OCC2O. The summed E-state index contributed by atoms with van der Waals surface area (Å²) in [6.07, 6.45) is 1.51. The van der Waals surface area contributed by atoms with Crippen molar-refractivity contribution in [3.8, 4) is 0 Å². The molecule has 0 spiro atoms. The average Bonchev–Trinajstić information content (AvgIpc) is 2.07. The van der Waals surface area contributed by atoms with Crippen LogP contribution in [-0.2, 0) is 9.47 Å². The molecule has 2 fully saturated rings. The van der Waals surface area contributed by atoms with Crippen molar-refractivity contribution in [2.24, 2.45) is 5.92 Å². The van der Waals surface area contributed by atoms with Crippen LogP contribution in [0.1, 0.15) is 33.6 Å². The lowest BCUT2D eigenvalue weighted by Crippen LogP contribution is -2.62. The van der Waals surface area contributed by atoms with Crippen LogP contribution in [0.15, 0.2) is 0 Å². The van der Waals surface area contributed by atoms with Gasteiger partial charge in [0, 0.05) is 5.92 Å². The van der Waals surface area contributed by atoms with E-state index in [2.05, 4.69) is 6.92 Å². The molecule has 4 atom stereocenters. The van der Waals surface area contributed by atoms with Gasteiger partial charge in [0.05, 0.1) is 12.2 Å². The summed E-state index contributed by atoms with van der Waals surface area (Å²) < 4.78 is 11.4. The summed E-state index contributed by atoms with van der Waals surface area (Å²) in [6, 6.07) is 0. The van der Waals surface area contributed by atoms with Gasteiger partial charge < -0.3 is 14.6 Å². The Kier molecular flexibility index (Phi) is 1.95. The first-order valence-corrected chi connectivity index (χ1v) is 4.98. The topological polar surface area (TPSA) is 38.7 Å². The van der Waals surface area contributed by atoms with Gasteiger partial charge in [-0.05, 0) is 26.7 Å². The van der Waals surface area contributed by atoms with Crippen molar-refractivity contribution in [3.05, 3.63) is 0 Å². The Hall–Kier alpha value is -0.120. The molecule has 0 radical (unpaired) electrons. The summed E-state index contributed by atoms with van der Waals surface area (Å²) in [5, 5.41) is 9.73. The first-order valence-electron chi connectivity index (χ1n) is 4.98. The maximum absolute atomic E-state index is 9.73. The highest BCUT2D eigenvalue weighted by atomic mass is 16.7. The zero-order valence-corrected chi connectivity index (χ0v) is 8.54. The molecule has 4 unspecified atom stereocenters. The average molecular weight is 186 g/mol. The molecule has 13 heavy (non-hydrogen) atoms. The molecule has 2 bridgehead atoms. The monoisotopic (exact) mass is 186 g/mol. The zero-order chi connectivity index (χ0) is 9.69. The van der Waals surface area contributed by atoms with Gasteiger partial charge in [0.25, 0.3) is 0 Å². The van der Waals surface area contributed by atoms with E-state index in [9.17, 15) is 5.11 Å². The molecule has 0 aromatic heterocycles. The van der Waals surface area contributed by atoms with Crippen molar-refractivity contribution in [1.82, 2.24) is 0 Å². The molecule has 0 aromatic carbocycles. The predicted octanol–water partition coefficient (Wildman–Crippen LogP) is 1.30. The van der Waals surface area contributed by atoms with Gasteiger partial charge in [-0.15, -0.1) is 0 Å². The number of hydrogen-bond acceptors (Lipinski definition) is 3. The second-order valence-corrected chi connectivity index (χ2v) is 4.70. The third-order valence-corrected chi connectivity index (χ3v) is 3.64. The molecular weight excluding hydrogens is 168 g/mol. The standard InChI is InChI=1S/C10H18O3/c1-7-4-5-9(2)8(11)6-12-10(7,3)13-9/h7-8,11H,4-6H2,1-3H3. The first kappa shape index (κ1) is 9.44. The lowest BCUT2D eigenvalue weighted by molar-refractivity contribution is -0.382. The Morgan fingerprint density at radius 3 is 2.77 bits per heavy atom. The molecule has 0 saturated carbocycles. The lowest BCUT2D eigenvalue weighted by atomic mass is 9.80. The number of rotatable bonds is 0. The molecule has 2 rings (SSSR count). The molecular formula is C10H18O3. The second-order valence-electron chi connectivity index (χ2n) is 4.70. The van der Waals surface area contributed by atoms with Crippen molar-refractivity contribution in [1.29, 1.82) is 0 Å². The summed E-state index contributed by atoms with van der Waals surface area (Å²) in [4.78, 5) is 0. The number of ether oxygens (including phenoxy) is 2. The third kappa shape index (κ3) is 1.30. The van der Waals surface area contributed by atoms with Gasteiger partial charge in [0.15, 0.2) is 5.79 Å². The fourth-order valence-corrected chi connectivity index (χ4v) is 2.21. The van der Waals surface area contributed by atoms with Gasteiger partial charge in [-0.25, -0.2) is 0 Å². The summed E-state index contributed by atoms with van der Waals surface area (Å²) in [5.74, 6) is -0.0697. The van der Waals surface area contributed by atoms with Crippen LogP contribution in [0.5, 0.6) is 0 Å². The molecule has 0 aromatic rings. The zero-order valence-electron chi connectivity index (χ0n) is 8.54. The fraction of sp³-hybridized carbons (Fsp3) is 1.00. The van der Waals surface area contributed by atoms with Crippen LogP contribution in [0.4, 0.5) is 0 Å². The van der Waals surface area contributed by atoms with E-state index in [1.807, 2.05) is 13.8 Å². The van der Waals surface area contributed by atoms with E-state index >= 15 is 0 Å². The number of fused-ring (bicyclic) bond motifs is 2. The number of hydrogen-bond donors (Lipinski definition) is 1. The molecule has 2 aliphatic rings. The van der Waals surface area contributed by atoms with Crippen LogP contribution >= 0.6 is 0 Å². The van der Waals surface area contributed by atoms with E-state index in [1.54, 1.807) is 0 Å². The van der Waals surface area contributed by atoms with Crippen LogP contribution in [0.3, 0.4) is 0 Å². The minimum absolute atomic E-state index is 0.389. The minimum atomic E-state index is -0.480. The van der Waals surface area contributed by atoms with Crippen LogP contribution in [-0.4, -0.2) is 29.2 Å². The highest BCUT2D eigenvalue weighted by Crippen LogP contribution is 2.44. The Balaban J connectivity index is 2.24. The van der Waals surface area contributed by atoms with Gasteiger partial charge in [0.2, 0.25) is 0 Å². The summed E-state index contributed by atoms with van der Waals surface area (Å²) in [7, 11) is 0. The predicted molar refractivity (Wildman–Crippen MR) is 48.3 cm³/mol. The second kappa shape index (κ2) is 2.69. The van der Waals surface area contributed by atoms with Crippen molar-refractivity contribution in [3.63, 3.8) is 0 Å². The number of aliphatic hydroxyl groups excluding tert-OH is 1. The molecule has 2 heterocycles.